The number of nitrogens with one attached hydrogen (secondary N) is 2. The molecule has 3 aromatic heterocycles. The van der Waals surface area contributed by atoms with Crippen molar-refractivity contribution >= 4 is 33.0 Å². The number of hydrogen-bond donors (Lipinski definition) is 2. The summed E-state index contributed by atoms with van der Waals surface area (Å²) in [6, 6.07) is 2.97. The summed E-state index contributed by atoms with van der Waals surface area (Å²) in [5, 5.41) is 3.04. The van der Waals surface area contributed by atoms with Gasteiger partial charge in [-0.25, -0.2) is 18.4 Å². The molecule has 1 saturated carbocycles. The molecule has 1 amide bonds. The van der Waals surface area contributed by atoms with Crippen LogP contribution in [0.5, 0.6) is 5.88 Å². The van der Waals surface area contributed by atoms with E-state index in [1.54, 1.807) is 36.9 Å². The molecular formula is C28H37N7O4S2. The SMILES string of the molecule is CCOc1cncc(-c2cnc(C(=O)N[C@H](CCN3CCCCC3)c3cc(NS(=O)(=O)C4CCCC4)ccn3)s2)n1. The van der Waals surface area contributed by atoms with Gasteiger partial charge < -0.3 is 15.0 Å². The standard InChI is InChI=1S/C28H37N7O4S2/c1-2-39-26-19-29-17-24(32-26)25-18-31-28(40-25)27(36)33-22(11-15-35-13-6-3-7-14-35)23-16-20(10-12-30-23)34-41(37,38)21-8-4-5-9-21/h10,12,16-19,21-22H,2-9,11,13-15H2,1H3,(H,30,34)(H,33,36)/t22-/m1/s1. The molecule has 11 nitrogen and oxygen atoms in total. The van der Waals surface area contributed by atoms with Gasteiger partial charge in [-0.1, -0.05) is 19.3 Å². The Hall–Kier alpha value is -3.16. The van der Waals surface area contributed by atoms with Gasteiger partial charge in [0.25, 0.3) is 5.91 Å². The Morgan fingerprint density at radius 1 is 1.12 bits per heavy atom. The van der Waals surface area contributed by atoms with Crippen LogP contribution in [0.2, 0.25) is 0 Å². The molecule has 220 valence electrons. The molecule has 2 N–H and O–H groups in total. The number of aromatic nitrogens is 4. The molecule has 13 heteroatoms. The number of sulfonamides is 1. The van der Waals surface area contributed by atoms with Crippen molar-refractivity contribution in [1.29, 1.82) is 0 Å². The number of hydrogen-bond acceptors (Lipinski definition) is 10. The van der Waals surface area contributed by atoms with Crippen molar-refractivity contribution in [3.05, 3.63) is 47.6 Å². The third-order valence-corrected chi connectivity index (χ3v) is 10.4. The van der Waals surface area contributed by atoms with Crippen LogP contribution in [0.15, 0.2) is 36.9 Å². The van der Waals surface area contributed by atoms with Crippen LogP contribution in [-0.4, -0.2) is 70.7 Å². The Morgan fingerprint density at radius 2 is 1.93 bits per heavy atom. The average Bonchev–Trinajstić information content (AvgIpc) is 3.70. The lowest BCUT2D eigenvalue weighted by atomic mass is 10.1. The maximum Gasteiger partial charge on any atom is 0.280 e. The second-order valence-electron chi connectivity index (χ2n) is 10.4. The quantitative estimate of drug-likeness (QED) is 0.310. The molecule has 1 aliphatic heterocycles. The highest BCUT2D eigenvalue weighted by Gasteiger charge is 2.29. The molecule has 3 aromatic rings. The number of carbonyl (C=O) groups is 1. The second-order valence-corrected chi connectivity index (χ2v) is 13.4. The van der Waals surface area contributed by atoms with Crippen LogP contribution in [-0.2, 0) is 10.0 Å². The number of pyridine rings is 1. The highest BCUT2D eigenvalue weighted by Crippen LogP contribution is 2.29. The molecule has 41 heavy (non-hydrogen) atoms. The Balaban J connectivity index is 1.33. The molecule has 0 aromatic carbocycles. The van der Waals surface area contributed by atoms with E-state index >= 15 is 0 Å². The van der Waals surface area contributed by atoms with Crippen molar-refractivity contribution < 1.29 is 17.9 Å². The van der Waals surface area contributed by atoms with Gasteiger partial charge in [0.1, 0.15) is 5.69 Å². The summed E-state index contributed by atoms with van der Waals surface area (Å²) in [5.74, 6) is 0.0919. The van der Waals surface area contributed by atoms with Gasteiger partial charge in [0.2, 0.25) is 15.9 Å². The van der Waals surface area contributed by atoms with Crippen molar-refractivity contribution in [3.63, 3.8) is 0 Å². The first-order valence-corrected chi connectivity index (χ1v) is 16.7. The molecule has 1 aliphatic carbocycles. The first-order valence-electron chi connectivity index (χ1n) is 14.3. The number of likely N-dealkylation sites (tertiary alicyclic amines) is 1. The summed E-state index contributed by atoms with van der Waals surface area (Å²) >= 11 is 1.23. The van der Waals surface area contributed by atoms with Gasteiger partial charge in [-0.2, -0.15) is 0 Å². The summed E-state index contributed by atoms with van der Waals surface area (Å²) in [7, 11) is -3.48. The van der Waals surface area contributed by atoms with Crippen molar-refractivity contribution in [2.75, 3.05) is 31.0 Å². The Kier molecular flexibility index (Phi) is 9.78. The van der Waals surface area contributed by atoms with Gasteiger partial charge in [0.15, 0.2) is 5.01 Å². The number of carbonyl (C=O) groups excluding carboxylic acids is 1. The van der Waals surface area contributed by atoms with E-state index in [0.29, 0.717) is 58.7 Å². The normalized spacial score (nSPS) is 17.3. The van der Waals surface area contributed by atoms with Crippen molar-refractivity contribution in [2.24, 2.45) is 0 Å². The zero-order valence-corrected chi connectivity index (χ0v) is 24.9. The van der Waals surface area contributed by atoms with Gasteiger partial charge in [-0.15, -0.1) is 11.3 Å². The van der Waals surface area contributed by atoms with Crippen LogP contribution in [0.4, 0.5) is 5.69 Å². The van der Waals surface area contributed by atoms with E-state index in [2.05, 4.69) is 34.9 Å². The molecule has 2 fully saturated rings. The monoisotopic (exact) mass is 599 g/mol. The first-order chi connectivity index (χ1) is 19.9. The molecule has 1 atom stereocenters. The fourth-order valence-corrected chi connectivity index (χ4v) is 7.69. The molecule has 0 bridgehead atoms. The average molecular weight is 600 g/mol. The Bertz CT molecular complexity index is 1420. The highest BCUT2D eigenvalue weighted by molar-refractivity contribution is 7.93. The topological polar surface area (TPSA) is 139 Å². The molecule has 0 spiro atoms. The second kappa shape index (κ2) is 13.7. The van der Waals surface area contributed by atoms with Gasteiger partial charge in [0.05, 0.1) is 46.6 Å². The van der Waals surface area contributed by atoms with E-state index in [4.69, 9.17) is 4.74 Å². The third-order valence-electron chi connectivity index (χ3n) is 7.48. The van der Waals surface area contributed by atoms with Crippen LogP contribution in [0.3, 0.4) is 0 Å². The van der Waals surface area contributed by atoms with E-state index in [1.165, 1.54) is 30.6 Å². The van der Waals surface area contributed by atoms with Gasteiger partial charge in [-0.3, -0.25) is 19.5 Å². The van der Waals surface area contributed by atoms with Gasteiger partial charge >= 0.3 is 0 Å². The van der Waals surface area contributed by atoms with Gasteiger partial charge in [0, 0.05) is 18.9 Å². The van der Waals surface area contributed by atoms with Crippen molar-refractivity contribution in [1.82, 2.24) is 30.2 Å². The zero-order chi connectivity index (χ0) is 28.7. The summed E-state index contributed by atoms with van der Waals surface area (Å²) < 4.78 is 34.0. The predicted octanol–water partition coefficient (Wildman–Crippen LogP) is 4.43. The number of nitrogens with zero attached hydrogens (tertiary/aromatic N) is 5. The van der Waals surface area contributed by atoms with E-state index in [1.807, 2.05) is 6.92 Å². The maximum absolute atomic E-state index is 13.4. The number of rotatable bonds is 12. The molecule has 2 aliphatic rings. The minimum Gasteiger partial charge on any atom is -0.477 e. The zero-order valence-electron chi connectivity index (χ0n) is 23.3. The fraction of sp³-hybridized carbons (Fsp3) is 0.536. The lowest BCUT2D eigenvalue weighted by Crippen LogP contribution is -2.35. The van der Waals surface area contributed by atoms with Crippen LogP contribution >= 0.6 is 11.3 Å². The van der Waals surface area contributed by atoms with Crippen molar-refractivity contribution in [3.8, 4) is 16.5 Å². The Morgan fingerprint density at radius 3 is 2.71 bits per heavy atom. The van der Waals surface area contributed by atoms with Crippen LogP contribution in [0.25, 0.3) is 10.6 Å². The lowest BCUT2D eigenvalue weighted by Gasteiger charge is -2.28. The third kappa shape index (κ3) is 7.77. The van der Waals surface area contributed by atoms with E-state index in [0.717, 1.165) is 32.5 Å². The molecule has 1 saturated heterocycles. The van der Waals surface area contributed by atoms with E-state index < -0.39 is 16.1 Å². The van der Waals surface area contributed by atoms with E-state index in [-0.39, 0.29) is 11.2 Å². The smallest absolute Gasteiger partial charge is 0.280 e. The highest BCUT2D eigenvalue weighted by atomic mass is 32.2. The fourth-order valence-electron chi connectivity index (χ4n) is 5.34. The number of amides is 1. The maximum atomic E-state index is 13.4. The van der Waals surface area contributed by atoms with Crippen LogP contribution < -0.4 is 14.8 Å². The Labute approximate surface area is 245 Å². The number of ether oxygens (including phenoxy) is 1. The largest absolute Gasteiger partial charge is 0.477 e. The number of thiazole rings is 1. The molecular weight excluding hydrogens is 562 g/mol. The lowest BCUT2D eigenvalue weighted by molar-refractivity contribution is 0.0928. The number of anilines is 1. The van der Waals surface area contributed by atoms with Crippen molar-refractivity contribution in [2.45, 2.75) is 69.6 Å². The molecule has 0 unspecified atom stereocenters. The molecule has 0 radical (unpaired) electrons. The molecule has 5 rings (SSSR count). The van der Waals surface area contributed by atoms with Crippen LogP contribution in [0.1, 0.15) is 79.8 Å². The summed E-state index contributed by atoms with van der Waals surface area (Å²) in [5.41, 5.74) is 1.65. The summed E-state index contributed by atoms with van der Waals surface area (Å²) in [6.07, 6.45) is 13.8. The first kappa shape index (κ1) is 29.3. The summed E-state index contributed by atoms with van der Waals surface area (Å²) in [4.78, 5) is 34.0. The van der Waals surface area contributed by atoms with E-state index in [9.17, 15) is 13.2 Å². The summed E-state index contributed by atoms with van der Waals surface area (Å²) in [6.45, 7) is 5.22. The minimum atomic E-state index is -3.48. The minimum absolute atomic E-state index is 0.296. The predicted molar refractivity (Wildman–Crippen MR) is 158 cm³/mol. The van der Waals surface area contributed by atoms with Gasteiger partial charge in [-0.05, 0) is 64.3 Å². The molecule has 4 heterocycles. The van der Waals surface area contributed by atoms with Crippen LogP contribution in [0, 0.1) is 0 Å². The number of piperidine rings is 1.